The quantitative estimate of drug-likeness (QED) is 0.641. The van der Waals surface area contributed by atoms with Crippen LogP contribution >= 0.6 is 15.9 Å². The van der Waals surface area contributed by atoms with Gasteiger partial charge in [-0.1, -0.05) is 46.3 Å². The molecule has 1 unspecified atom stereocenters. The molecule has 1 N–H and O–H groups in total. The molecule has 3 rings (SSSR count). The van der Waals surface area contributed by atoms with Gasteiger partial charge in [0.25, 0.3) is 0 Å². The lowest BCUT2D eigenvalue weighted by atomic mass is 9.98. The molecule has 2 heterocycles. The minimum Gasteiger partial charge on any atom is -0.462 e. The third-order valence-electron chi connectivity index (χ3n) is 5.01. The zero-order valence-electron chi connectivity index (χ0n) is 13.8. The summed E-state index contributed by atoms with van der Waals surface area (Å²) in [7, 11) is 2.17. The predicted octanol–water partition coefficient (Wildman–Crippen LogP) is 2.94. The van der Waals surface area contributed by atoms with Crippen LogP contribution in [0.3, 0.4) is 0 Å². The molecule has 2 bridgehead atoms. The van der Waals surface area contributed by atoms with Crippen LogP contribution in [0.5, 0.6) is 0 Å². The molecule has 2 saturated heterocycles. The van der Waals surface area contributed by atoms with E-state index in [1.165, 1.54) is 12.8 Å². The SMILES string of the molecule is CBr.CN1[C@@H]2CC[C@H]1CC(OC(=O)[C@H](CO)c1ccccc1)C2. The third-order valence-corrected chi connectivity index (χ3v) is 5.01. The highest BCUT2D eigenvalue weighted by Crippen LogP contribution is 2.36. The number of nitrogens with zero attached hydrogens (tertiary/aromatic N) is 1. The van der Waals surface area contributed by atoms with Gasteiger partial charge in [0.05, 0.1) is 6.61 Å². The van der Waals surface area contributed by atoms with E-state index < -0.39 is 5.92 Å². The average molecular weight is 384 g/mol. The minimum atomic E-state index is -0.566. The predicted molar refractivity (Wildman–Crippen MR) is 94.8 cm³/mol. The summed E-state index contributed by atoms with van der Waals surface area (Å²) >= 11 is 2.94. The molecule has 23 heavy (non-hydrogen) atoms. The highest BCUT2D eigenvalue weighted by atomic mass is 79.9. The molecule has 0 amide bonds. The molecule has 2 aliphatic rings. The smallest absolute Gasteiger partial charge is 0.316 e. The number of carbonyl (C=O) groups excluding carboxylic acids is 1. The molecule has 1 aromatic carbocycles. The van der Waals surface area contributed by atoms with Crippen molar-refractivity contribution in [1.29, 1.82) is 0 Å². The first kappa shape index (κ1) is 18.4. The van der Waals surface area contributed by atoms with Crippen LogP contribution in [0, 0.1) is 0 Å². The number of benzene rings is 1. The van der Waals surface area contributed by atoms with Gasteiger partial charge in [-0.15, -0.1) is 0 Å². The van der Waals surface area contributed by atoms with Crippen molar-refractivity contribution in [3.05, 3.63) is 35.9 Å². The van der Waals surface area contributed by atoms with Crippen molar-refractivity contribution in [1.82, 2.24) is 4.90 Å². The van der Waals surface area contributed by atoms with Gasteiger partial charge in [-0.2, -0.15) is 0 Å². The van der Waals surface area contributed by atoms with E-state index in [2.05, 4.69) is 27.9 Å². The number of alkyl halides is 1. The number of rotatable bonds is 4. The van der Waals surface area contributed by atoms with Crippen molar-refractivity contribution >= 4 is 21.9 Å². The Bertz CT molecular complexity index is 482. The Morgan fingerprint density at radius 1 is 1.26 bits per heavy atom. The number of hydrogen-bond acceptors (Lipinski definition) is 4. The lowest BCUT2D eigenvalue weighted by Crippen LogP contribution is -2.43. The Labute approximate surface area is 147 Å². The fraction of sp³-hybridized carbons (Fsp3) is 0.611. The summed E-state index contributed by atoms with van der Waals surface area (Å²) in [6, 6.07) is 10.5. The Balaban J connectivity index is 0.000000924. The number of hydrogen-bond donors (Lipinski definition) is 1. The molecule has 4 atom stereocenters. The topological polar surface area (TPSA) is 49.8 Å². The number of halogens is 1. The number of aliphatic hydroxyl groups is 1. The fourth-order valence-electron chi connectivity index (χ4n) is 3.71. The Hall–Kier alpha value is -0.910. The van der Waals surface area contributed by atoms with Gasteiger partial charge in [-0.05, 0) is 44.1 Å². The van der Waals surface area contributed by atoms with E-state index in [9.17, 15) is 9.90 Å². The van der Waals surface area contributed by atoms with E-state index in [-0.39, 0.29) is 18.7 Å². The summed E-state index contributed by atoms with van der Waals surface area (Å²) in [6.07, 6.45) is 4.26. The van der Waals surface area contributed by atoms with Crippen molar-refractivity contribution < 1.29 is 14.6 Å². The number of piperidine rings is 1. The van der Waals surface area contributed by atoms with Crippen LogP contribution in [0.15, 0.2) is 30.3 Å². The van der Waals surface area contributed by atoms with Crippen molar-refractivity contribution in [2.75, 3.05) is 19.5 Å². The molecule has 0 aromatic heterocycles. The maximum atomic E-state index is 12.4. The maximum Gasteiger partial charge on any atom is 0.316 e. The second-order valence-corrected chi connectivity index (χ2v) is 6.23. The summed E-state index contributed by atoms with van der Waals surface area (Å²) in [6.45, 7) is -0.206. The molecular formula is C18H26BrNO3. The van der Waals surface area contributed by atoms with E-state index in [0.717, 1.165) is 18.4 Å². The van der Waals surface area contributed by atoms with Crippen molar-refractivity contribution in [2.45, 2.75) is 49.8 Å². The van der Waals surface area contributed by atoms with Crippen molar-refractivity contribution in [2.24, 2.45) is 0 Å². The molecule has 4 nitrogen and oxygen atoms in total. The monoisotopic (exact) mass is 383 g/mol. The van der Waals surface area contributed by atoms with Gasteiger partial charge in [0, 0.05) is 12.1 Å². The first-order valence-corrected chi connectivity index (χ1v) is 9.73. The van der Waals surface area contributed by atoms with Gasteiger partial charge in [-0.25, -0.2) is 0 Å². The van der Waals surface area contributed by atoms with Crippen LogP contribution in [-0.2, 0) is 9.53 Å². The number of ether oxygens (including phenoxy) is 1. The standard InChI is InChI=1S/C17H23NO3.CH3Br/c1-18-13-7-8-14(18)10-15(9-13)21-17(20)16(11-19)12-5-3-2-4-6-12;1-2/h2-6,13-16,19H,7-11H2,1H3;1H3/t13-,14+,15?,16-;/m1./s1. The number of esters is 1. The van der Waals surface area contributed by atoms with Crippen LogP contribution in [0.4, 0.5) is 0 Å². The first-order valence-electron chi connectivity index (χ1n) is 8.15. The Kier molecular flexibility index (Phi) is 7.06. The fourth-order valence-corrected chi connectivity index (χ4v) is 3.71. The lowest BCUT2D eigenvalue weighted by molar-refractivity contribution is -0.155. The van der Waals surface area contributed by atoms with E-state index in [1.54, 1.807) is 0 Å². The van der Waals surface area contributed by atoms with Crippen LogP contribution < -0.4 is 0 Å². The van der Waals surface area contributed by atoms with Crippen LogP contribution in [0.25, 0.3) is 0 Å². The average Bonchev–Trinajstić information content (AvgIpc) is 2.79. The summed E-state index contributed by atoms with van der Waals surface area (Å²) < 4.78 is 5.70. The second-order valence-electron chi connectivity index (χ2n) is 6.23. The van der Waals surface area contributed by atoms with Gasteiger partial charge >= 0.3 is 5.97 Å². The molecule has 2 fully saturated rings. The van der Waals surface area contributed by atoms with E-state index >= 15 is 0 Å². The van der Waals surface area contributed by atoms with Gasteiger partial charge in [-0.3, -0.25) is 4.79 Å². The highest BCUT2D eigenvalue weighted by Gasteiger charge is 2.40. The molecule has 0 saturated carbocycles. The van der Waals surface area contributed by atoms with Gasteiger partial charge in [0.2, 0.25) is 0 Å². The second kappa shape index (κ2) is 8.81. The molecule has 5 heteroatoms. The summed E-state index contributed by atoms with van der Waals surface area (Å²) in [5.41, 5.74) is 0.820. The molecule has 128 valence electrons. The lowest BCUT2D eigenvalue weighted by Gasteiger charge is -2.36. The number of aliphatic hydroxyl groups excluding tert-OH is 1. The zero-order valence-corrected chi connectivity index (χ0v) is 15.4. The third kappa shape index (κ3) is 4.34. The van der Waals surface area contributed by atoms with E-state index in [1.807, 2.05) is 36.2 Å². The molecule has 0 radical (unpaired) electrons. The van der Waals surface area contributed by atoms with Crippen LogP contribution in [0.1, 0.15) is 37.2 Å². The Morgan fingerprint density at radius 3 is 2.35 bits per heavy atom. The number of carbonyl (C=O) groups is 1. The van der Waals surface area contributed by atoms with E-state index in [0.29, 0.717) is 12.1 Å². The van der Waals surface area contributed by atoms with E-state index in [4.69, 9.17) is 4.74 Å². The van der Waals surface area contributed by atoms with Crippen molar-refractivity contribution in [3.63, 3.8) is 0 Å². The zero-order chi connectivity index (χ0) is 16.8. The summed E-state index contributed by atoms with van der Waals surface area (Å²) in [5, 5.41) is 9.53. The van der Waals surface area contributed by atoms with Gasteiger partial charge in [0.1, 0.15) is 12.0 Å². The summed E-state index contributed by atoms with van der Waals surface area (Å²) in [4.78, 5) is 14.8. The Morgan fingerprint density at radius 2 is 1.83 bits per heavy atom. The van der Waals surface area contributed by atoms with Crippen molar-refractivity contribution in [3.8, 4) is 0 Å². The molecule has 0 spiro atoms. The van der Waals surface area contributed by atoms with Crippen LogP contribution in [-0.4, -0.2) is 53.7 Å². The minimum absolute atomic E-state index is 0.00367. The largest absolute Gasteiger partial charge is 0.462 e. The maximum absolute atomic E-state index is 12.4. The highest BCUT2D eigenvalue weighted by molar-refractivity contribution is 9.08. The molecule has 0 aliphatic carbocycles. The molecular weight excluding hydrogens is 358 g/mol. The molecule has 1 aromatic rings. The van der Waals surface area contributed by atoms with Crippen LogP contribution in [0.2, 0.25) is 0 Å². The first-order chi connectivity index (χ1) is 11.2. The number of fused-ring (bicyclic) bond motifs is 2. The van der Waals surface area contributed by atoms with Gasteiger partial charge in [0.15, 0.2) is 0 Å². The summed E-state index contributed by atoms with van der Waals surface area (Å²) in [5.74, 6) is 0.952. The van der Waals surface area contributed by atoms with Gasteiger partial charge < -0.3 is 14.7 Å². The normalized spacial score (nSPS) is 27.7. The molecule has 2 aliphatic heterocycles.